The summed E-state index contributed by atoms with van der Waals surface area (Å²) in [5, 5.41) is 14.0. The average Bonchev–Trinajstić information content (AvgIpc) is 2.91. The molecule has 18 heavy (non-hydrogen) atoms. The van der Waals surface area contributed by atoms with Crippen molar-refractivity contribution in [2.24, 2.45) is 0 Å². The topological polar surface area (TPSA) is 41.5 Å². The molecule has 3 nitrogen and oxygen atoms in total. The Balaban J connectivity index is 1.47. The van der Waals surface area contributed by atoms with Gasteiger partial charge in [0, 0.05) is 18.3 Å². The molecule has 1 heterocycles. The van der Waals surface area contributed by atoms with Crippen LogP contribution in [0.2, 0.25) is 0 Å². The summed E-state index contributed by atoms with van der Waals surface area (Å²) in [6.07, 6.45) is 9.07. The van der Waals surface area contributed by atoms with Gasteiger partial charge in [-0.3, -0.25) is 0 Å². The highest BCUT2D eigenvalue weighted by Crippen LogP contribution is 2.24. The molecule has 0 spiro atoms. The maximum absolute atomic E-state index is 9.84. The third-order valence-electron chi connectivity index (χ3n) is 3.85. The van der Waals surface area contributed by atoms with Gasteiger partial charge in [0.25, 0.3) is 0 Å². The van der Waals surface area contributed by atoms with Crippen molar-refractivity contribution in [3.8, 4) is 0 Å². The van der Waals surface area contributed by atoms with Crippen LogP contribution < -0.4 is 5.32 Å². The number of hydrogen-bond donors (Lipinski definition) is 2. The van der Waals surface area contributed by atoms with E-state index in [1.54, 1.807) is 0 Å². The first-order valence-corrected chi connectivity index (χ1v) is 8.51. The summed E-state index contributed by atoms with van der Waals surface area (Å²) >= 11 is 2.07. The quantitative estimate of drug-likeness (QED) is 0.746. The first-order chi connectivity index (χ1) is 8.84. The zero-order valence-electron chi connectivity index (χ0n) is 11.3. The number of aliphatic hydroxyl groups is 1. The van der Waals surface area contributed by atoms with Crippen LogP contribution in [0.15, 0.2) is 0 Å². The second-order valence-electron chi connectivity index (χ2n) is 5.54. The molecule has 2 atom stereocenters. The fourth-order valence-electron chi connectivity index (χ4n) is 2.74. The van der Waals surface area contributed by atoms with E-state index in [-0.39, 0.29) is 6.10 Å². The molecule has 4 heteroatoms. The summed E-state index contributed by atoms with van der Waals surface area (Å²) in [5.41, 5.74) is 0. The number of nitrogens with one attached hydrogen (secondary N) is 1. The highest BCUT2D eigenvalue weighted by molar-refractivity contribution is 7.99. The Morgan fingerprint density at radius 2 is 1.94 bits per heavy atom. The van der Waals surface area contributed by atoms with Gasteiger partial charge in [-0.1, -0.05) is 19.3 Å². The van der Waals surface area contributed by atoms with Gasteiger partial charge in [0.1, 0.15) is 0 Å². The van der Waals surface area contributed by atoms with E-state index >= 15 is 0 Å². The van der Waals surface area contributed by atoms with Gasteiger partial charge in [-0.2, -0.15) is 11.8 Å². The van der Waals surface area contributed by atoms with E-state index in [9.17, 15) is 5.11 Å². The summed E-state index contributed by atoms with van der Waals surface area (Å²) in [5.74, 6) is 1.31. The summed E-state index contributed by atoms with van der Waals surface area (Å²) < 4.78 is 5.71. The van der Waals surface area contributed by atoms with Crippen molar-refractivity contribution in [3.63, 3.8) is 0 Å². The van der Waals surface area contributed by atoms with E-state index in [2.05, 4.69) is 17.1 Å². The zero-order valence-corrected chi connectivity index (χ0v) is 12.1. The number of rotatable bonds is 7. The smallest absolute Gasteiger partial charge is 0.0897 e. The molecule has 2 aliphatic rings. The zero-order chi connectivity index (χ0) is 12.6. The maximum atomic E-state index is 9.84. The normalized spacial score (nSPS) is 27.5. The highest BCUT2D eigenvalue weighted by atomic mass is 32.2. The van der Waals surface area contributed by atoms with Gasteiger partial charge in [-0.15, -0.1) is 0 Å². The van der Waals surface area contributed by atoms with Crippen molar-refractivity contribution < 1.29 is 9.84 Å². The lowest BCUT2D eigenvalue weighted by atomic mass is 10.2. The number of thioether (sulfide) groups is 1. The lowest BCUT2D eigenvalue weighted by Crippen LogP contribution is -2.35. The molecule has 1 aliphatic carbocycles. The van der Waals surface area contributed by atoms with Crippen LogP contribution in [0.4, 0.5) is 0 Å². The Morgan fingerprint density at radius 1 is 1.17 bits per heavy atom. The third kappa shape index (κ3) is 5.47. The second-order valence-corrected chi connectivity index (χ2v) is 6.95. The summed E-state index contributed by atoms with van der Waals surface area (Å²) in [6, 6.07) is 0. The highest BCUT2D eigenvalue weighted by Gasteiger charge is 2.17. The van der Waals surface area contributed by atoms with Crippen molar-refractivity contribution in [2.45, 2.75) is 62.4 Å². The molecule has 1 saturated heterocycles. The molecular formula is C14H27NO2S. The van der Waals surface area contributed by atoms with Crippen LogP contribution in [0.3, 0.4) is 0 Å². The van der Waals surface area contributed by atoms with Crippen LogP contribution in [0.5, 0.6) is 0 Å². The summed E-state index contributed by atoms with van der Waals surface area (Å²) in [7, 11) is 0. The molecular weight excluding hydrogens is 246 g/mol. The minimum absolute atomic E-state index is 0.348. The van der Waals surface area contributed by atoms with E-state index in [1.165, 1.54) is 50.7 Å². The first kappa shape index (κ1) is 14.6. The van der Waals surface area contributed by atoms with Gasteiger partial charge in [0.05, 0.1) is 18.8 Å². The largest absolute Gasteiger partial charge is 0.389 e. The second kappa shape index (κ2) is 8.41. The molecule has 0 aromatic rings. The summed E-state index contributed by atoms with van der Waals surface area (Å²) in [4.78, 5) is 0. The van der Waals surface area contributed by atoms with E-state index in [0.29, 0.717) is 19.3 Å². The average molecular weight is 273 g/mol. The molecule has 106 valence electrons. The minimum atomic E-state index is -0.348. The van der Waals surface area contributed by atoms with Crippen LogP contribution in [0, 0.1) is 0 Å². The van der Waals surface area contributed by atoms with Crippen molar-refractivity contribution in [3.05, 3.63) is 0 Å². The standard InChI is InChI=1S/C14H27NO2S/c16-12(11-17-13-5-1-2-6-13)9-15-10-14-7-3-4-8-18-14/h12-16H,1-11H2. The van der Waals surface area contributed by atoms with Crippen LogP contribution in [-0.2, 0) is 4.74 Å². The number of ether oxygens (including phenoxy) is 1. The van der Waals surface area contributed by atoms with Gasteiger partial charge in [0.2, 0.25) is 0 Å². The molecule has 0 amide bonds. The Morgan fingerprint density at radius 3 is 2.67 bits per heavy atom. The van der Waals surface area contributed by atoms with Crippen LogP contribution in [0.1, 0.15) is 44.9 Å². The van der Waals surface area contributed by atoms with E-state index < -0.39 is 0 Å². The third-order valence-corrected chi connectivity index (χ3v) is 5.25. The van der Waals surface area contributed by atoms with Gasteiger partial charge >= 0.3 is 0 Å². The van der Waals surface area contributed by atoms with Crippen LogP contribution in [-0.4, -0.2) is 48.0 Å². The number of aliphatic hydroxyl groups excluding tert-OH is 1. The molecule has 0 aromatic heterocycles. The number of hydrogen-bond acceptors (Lipinski definition) is 4. The van der Waals surface area contributed by atoms with Gasteiger partial charge in [-0.25, -0.2) is 0 Å². The van der Waals surface area contributed by atoms with E-state index in [1.807, 2.05) is 0 Å². The molecule has 2 fully saturated rings. The predicted octanol–water partition coefficient (Wildman–Crippen LogP) is 2.18. The Labute approximate surface area is 115 Å². The SMILES string of the molecule is OC(CNCC1CCCCS1)COC1CCCC1. The van der Waals surface area contributed by atoms with Crippen LogP contribution >= 0.6 is 11.8 Å². The monoisotopic (exact) mass is 273 g/mol. The van der Waals surface area contributed by atoms with E-state index in [4.69, 9.17) is 4.74 Å². The van der Waals surface area contributed by atoms with Gasteiger partial charge < -0.3 is 15.2 Å². The van der Waals surface area contributed by atoms with Crippen molar-refractivity contribution in [1.29, 1.82) is 0 Å². The Hall–Kier alpha value is 0.230. The van der Waals surface area contributed by atoms with E-state index in [0.717, 1.165) is 11.8 Å². The maximum Gasteiger partial charge on any atom is 0.0897 e. The minimum Gasteiger partial charge on any atom is -0.389 e. The first-order valence-electron chi connectivity index (χ1n) is 7.46. The molecule has 2 unspecified atom stereocenters. The lowest BCUT2D eigenvalue weighted by molar-refractivity contribution is -0.00533. The fourth-order valence-corrected chi connectivity index (χ4v) is 4.01. The molecule has 1 saturated carbocycles. The fraction of sp³-hybridized carbons (Fsp3) is 1.00. The Bertz CT molecular complexity index is 216. The van der Waals surface area contributed by atoms with Crippen molar-refractivity contribution >= 4 is 11.8 Å². The van der Waals surface area contributed by atoms with Crippen molar-refractivity contribution in [1.82, 2.24) is 5.32 Å². The molecule has 1 aliphatic heterocycles. The predicted molar refractivity (Wildman–Crippen MR) is 77.2 cm³/mol. The molecule has 0 radical (unpaired) electrons. The molecule has 2 rings (SSSR count). The van der Waals surface area contributed by atoms with Crippen LogP contribution in [0.25, 0.3) is 0 Å². The Kier molecular flexibility index (Phi) is 6.84. The van der Waals surface area contributed by atoms with Gasteiger partial charge in [0.15, 0.2) is 0 Å². The molecule has 2 N–H and O–H groups in total. The molecule has 0 aromatic carbocycles. The molecule has 0 bridgehead atoms. The lowest BCUT2D eigenvalue weighted by Gasteiger charge is -2.22. The summed E-state index contributed by atoms with van der Waals surface area (Å²) in [6.45, 7) is 2.20. The van der Waals surface area contributed by atoms with Crippen molar-refractivity contribution in [2.75, 3.05) is 25.4 Å². The van der Waals surface area contributed by atoms with Gasteiger partial charge in [-0.05, 0) is 31.4 Å².